The molecule has 3 unspecified atom stereocenters. The highest BCUT2D eigenvalue weighted by atomic mass is 15.2. The Balaban J connectivity index is 1.31. The van der Waals surface area contributed by atoms with Crippen molar-refractivity contribution in [1.82, 2.24) is 10.3 Å². The summed E-state index contributed by atoms with van der Waals surface area (Å²) < 4.78 is 0. The molecule has 2 aliphatic carbocycles. The number of benzene rings is 4. The maximum atomic E-state index is 5.15. The molecule has 0 spiro atoms. The summed E-state index contributed by atoms with van der Waals surface area (Å²) in [5.41, 5.74) is 8.69. The lowest BCUT2D eigenvalue weighted by molar-refractivity contribution is 0.674. The molecule has 1 N–H and O–H groups in total. The first-order valence-electron chi connectivity index (χ1n) is 15.5. The van der Waals surface area contributed by atoms with Crippen molar-refractivity contribution in [3.8, 4) is 11.3 Å². The molecule has 0 radical (unpaired) electrons. The minimum atomic E-state index is -0.266. The van der Waals surface area contributed by atoms with E-state index in [-0.39, 0.29) is 18.0 Å². The fourth-order valence-corrected chi connectivity index (χ4v) is 6.60. The van der Waals surface area contributed by atoms with E-state index >= 15 is 0 Å². The molecule has 216 valence electrons. The van der Waals surface area contributed by atoms with Crippen molar-refractivity contribution in [3.63, 3.8) is 0 Å². The van der Waals surface area contributed by atoms with E-state index in [1.54, 1.807) is 0 Å². The molecule has 0 amide bonds. The van der Waals surface area contributed by atoms with Crippen molar-refractivity contribution >= 4 is 23.3 Å². The average Bonchev–Trinajstić information content (AvgIpc) is 3.11. The molecule has 0 bridgehead atoms. The predicted molar refractivity (Wildman–Crippen MR) is 184 cm³/mol. The van der Waals surface area contributed by atoms with Crippen molar-refractivity contribution in [2.75, 3.05) is 0 Å². The van der Waals surface area contributed by atoms with Gasteiger partial charge in [0.25, 0.3) is 0 Å². The van der Waals surface area contributed by atoms with Gasteiger partial charge >= 0.3 is 0 Å². The molecule has 45 heavy (non-hydrogen) atoms. The molecule has 2 heterocycles. The number of rotatable bonds is 5. The van der Waals surface area contributed by atoms with Crippen LogP contribution in [-0.2, 0) is 0 Å². The van der Waals surface area contributed by atoms with E-state index in [1.165, 1.54) is 21.6 Å². The van der Waals surface area contributed by atoms with Crippen LogP contribution in [0.5, 0.6) is 0 Å². The van der Waals surface area contributed by atoms with Gasteiger partial charge in [-0.15, -0.1) is 0 Å². The third-order valence-electron chi connectivity index (χ3n) is 8.77. The third kappa shape index (κ3) is 5.25. The van der Waals surface area contributed by atoms with E-state index in [2.05, 4.69) is 127 Å². The Bertz CT molecular complexity index is 2160. The molecule has 0 saturated carbocycles. The summed E-state index contributed by atoms with van der Waals surface area (Å²) in [5, 5.41) is 6.26. The van der Waals surface area contributed by atoms with Gasteiger partial charge in [0.15, 0.2) is 5.84 Å². The monoisotopic (exact) mass is 580 g/mol. The first-order chi connectivity index (χ1) is 22.2. The molecule has 5 aromatic rings. The minimum absolute atomic E-state index is 0.149. The van der Waals surface area contributed by atoms with E-state index in [1.807, 2.05) is 37.3 Å². The summed E-state index contributed by atoms with van der Waals surface area (Å²) in [4.78, 5) is 15.1. The van der Waals surface area contributed by atoms with Crippen LogP contribution in [0.2, 0.25) is 0 Å². The molecule has 1 aliphatic heterocycles. The van der Waals surface area contributed by atoms with Crippen molar-refractivity contribution < 1.29 is 0 Å². The van der Waals surface area contributed by atoms with Gasteiger partial charge in [0.2, 0.25) is 0 Å². The van der Waals surface area contributed by atoms with Crippen LogP contribution in [0.4, 0.5) is 0 Å². The molecule has 3 aliphatic rings. The van der Waals surface area contributed by atoms with Crippen molar-refractivity contribution in [2.45, 2.75) is 19.0 Å². The Kier molecular flexibility index (Phi) is 6.88. The standard InChI is InChI=1S/C41H32N4/c1-27-13-12-22-38(42-27)32-23-31(37-26-30-18-8-9-19-34(30)35-20-10-11-21-36(35)37)24-33(25-32)41-44-39(28-14-4-2-5-15-28)43-40(45-41)29-16-6-3-7-17-29/h2-26,36-37,39H,1H3,(H,43,44,45). The molecule has 1 aromatic heterocycles. The molecule has 3 atom stereocenters. The molecular weight excluding hydrogens is 548 g/mol. The first kappa shape index (κ1) is 27.0. The summed E-state index contributed by atoms with van der Waals surface area (Å²) in [7, 11) is 0. The first-order valence-corrected chi connectivity index (χ1v) is 15.5. The maximum absolute atomic E-state index is 5.15. The number of aryl methyl sites for hydroxylation is 1. The smallest absolute Gasteiger partial charge is 0.159 e. The minimum Gasteiger partial charge on any atom is -0.344 e. The number of allylic oxidation sites excluding steroid dienone is 4. The third-order valence-corrected chi connectivity index (χ3v) is 8.77. The number of aliphatic imine (C=N–C) groups is 2. The Morgan fingerprint density at radius 1 is 0.644 bits per heavy atom. The molecule has 4 nitrogen and oxygen atoms in total. The summed E-state index contributed by atoms with van der Waals surface area (Å²) in [6.07, 6.45) is 11.1. The van der Waals surface area contributed by atoms with Crippen molar-refractivity contribution in [1.29, 1.82) is 0 Å². The second kappa shape index (κ2) is 11.5. The second-order valence-electron chi connectivity index (χ2n) is 11.7. The van der Waals surface area contributed by atoms with Gasteiger partial charge in [-0.1, -0.05) is 121 Å². The van der Waals surface area contributed by atoms with Crippen molar-refractivity contribution in [2.24, 2.45) is 15.9 Å². The Morgan fingerprint density at radius 2 is 1.42 bits per heavy atom. The van der Waals surface area contributed by atoms with Gasteiger partial charge in [0.05, 0.1) is 5.69 Å². The fraction of sp³-hybridized carbons (Fsp3) is 0.0976. The van der Waals surface area contributed by atoms with Gasteiger partial charge in [-0.05, 0) is 64.4 Å². The molecule has 8 rings (SSSR count). The van der Waals surface area contributed by atoms with Crippen LogP contribution >= 0.6 is 0 Å². The van der Waals surface area contributed by atoms with Crippen LogP contribution in [0, 0.1) is 12.8 Å². The number of nitrogens with one attached hydrogen (secondary N) is 1. The second-order valence-corrected chi connectivity index (χ2v) is 11.7. The number of hydrogen-bond acceptors (Lipinski definition) is 4. The van der Waals surface area contributed by atoms with Crippen LogP contribution < -0.4 is 15.8 Å². The largest absolute Gasteiger partial charge is 0.344 e. The molecule has 4 aromatic carbocycles. The highest BCUT2D eigenvalue weighted by Crippen LogP contribution is 2.39. The van der Waals surface area contributed by atoms with Crippen LogP contribution in [-0.4, -0.2) is 16.7 Å². The zero-order valence-corrected chi connectivity index (χ0v) is 25.0. The zero-order chi connectivity index (χ0) is 30.2. The predicted octanol–water partition coefficient (Wildman–Crippen LogP) is 7.02. The van der Waals surface area contributed by atoms with Gasteiger partial charge in [0, 0.05) is 34.2 Å². The molecule has 0 saturated heterocycles. The highest BCUT2D eigenvalue weighted by Gasteiger charge is 2.28. The Hall–Kier alpha value is -5.61. The molecule has 4 heteroatoms. The lowest BCUT2D eigenvalue weighted by Gasteiger charge is -2.30. The number of hydrogen-bond donors (Lipinski definition) is 1. The van der Waals surface area contributed by atoms with Crippen LogP contribution in [0.3, 0.4) is 0 Å². The Labute approximate surface area is 263 Å². The zero-order valence-electron chi connectivity index (χ0n) is 25.0. The van der Waals surface area contributed by atoms with Gasteiger partial charge in [-0.25, -0.2) is 9.98 Å². The van der Waals surface area contributed by atoms with E-state index in [0.29, 0.717) is 5.84 Å². The van der Waals surface area contributed by atoms with Gasteiger partial charge in [0.1, 0.15) is 12.0 Å². The lowest BCUT2D eigenvalue weighted by Crippen LogP contribution is -2.35. The number of pyridine rings is 1. The SMILES string of the molecule is Cc1cccc(-c2cc(C3=NC(c4ccccc4)=NC(c4ccccc4)N3)cc(C3C=c4ccccc4=C4C=CC=CC43)c2)n1. The summed E-state index contributed by atoms with van der Waals surface area (Å²) in [5.74, 6) is 1.90. The van der Waals surface area contributed by atoms with Gasteiger partial charge in [-0.3, -0.25) is 4.98 Å². The molecular formula is C41H32N4. The quantitative estimate of drug-likeness (QED) is 0.243. The number of aromatic nitrogens is 1. The van der Waals surface area contributed by atoms with Crippen LogP contribution in [0.15, 0.2) is 156 Å². The van der Waals surface area contributed by atoms with Gasteiger partial charge < -0.3 is 5.32 Å². The average molecular weight is 581 g/mol. The number of amidine groups is 2. The van der Waals surface area contributed by atoms with Crippen LogP contribution in [0.25, 0.3) is 22.9 Å². The number of nitrogens with zero attached hydrogens (tertiary/aromatic N) is 3. The fourth-order valence-electron chi connectivity index (χ4n) is 6.60. The normalized spacial score (nSPS) is 19.8. The Morgan fingerprint density at radius 3 is 2.27 bits per heavy atom. The topological polar surface area (TPSA) is 49.6 Å². The number of fused-ring (bicyclic) bond motifs is 2. The summed E-state index contributed by atoms with van der Waals surface area (Å²) in [6, 6.07) is 42.4. The van der Waals surface area contributed by atoms with E-state index in [9.17, 15) is 0 Å². The van der Waals surface area contributed by atoms with Crippen molar-refractivity contribution in [3.05, 3.63) is 184 Å². The maximum Gasteiger partial charge on any atom is 0.159 e. The van der Waals surface area contributed by atoms with E-state index in [4.69, 9.17) is 15.0 Å². The summed E-state index contributed by atoms with van der Waals surface area (Å²) >= 11 is 0. The van der Waals surface area contributed by atoms with E-state index in [0.717, 1.165) is 39.5 Å². The van der Waals surface area contributed by atoms with Crippen LogP contribution in [0.1, 0.15) is 40.0 Å². The summed E-state index contributed by atoms with van der Waals surface area (Å²) in [6.45, 7) is 2.04. The lowest BCUT2D eigenvalue weighted by atomic mass is 9.74. The highest BCUT2D eigenvalue weighted by molar-refractivity contribution is 6.13. The van der Waals surface area contributed by atoms with Gasteiger partial charge in [-0.2, -0.15) is 0 Å². The van der Waals surface area contributed by atoms with E-state index < -0.39 is 0 Å². The molecule has 0 fully saturated rings.